The van der Waals surface area contributed by atoms with Gasteiger partial charge in [0, 0.05) is 13.1 Å². The first-order valence-electron chi connectivity index (χ1n) is 9.15. The average molecular weight is 350 g/mol. The quantitative estimate of drug-likeness (QED) is 0.711. The number of imidazole rings is 1. The Bertz CT molecular complexity index is 1120. The van der Waals surface area contributed by atoms with E-state index < -0.39 is 0 Å². The van der Waals surface area contributed by atoms with Crippen molar-refractivity contribution in [2.24, 2.45) is 0 Å². The zero-order chi connectivity index (χ0) is 18.3. The van der Waals surface area contributed by atoms with Crippen LogP contribution in [0.3, 0.4) is 0 Å². The first-order valence-corrected chi connectivity index (χ1v) is 9.15. The summed E-state index contributed by atoms with van der Waals surface area (Å²) in [6, 6.07) is 10.1. The summed E-state index contributed by atoms with van der Waals surface area (Å²) < 4.78 is 4.94. The predicted molar refractivity (Wildman–Crippen MR) is 103 cm³/mol. The molecule has 0 saturated heterocycles. The molecule has 3 aromatic rings. The number of aromatic nitrogens is 4. The number of rotatable bonds is 5. The molecule has 0 atom stereocenters. The first-order chi connectivity index (χ1) is 12.7. The molecule has 0 saturated carbocycles. The molecule has 1 aliphatic rings. The fraction of sp³-hybridized carbons (Fsp3) is 0.350. The second kappa shape index (κ2) is 6.44. The van der Waals surface area contributed by atoms with E-state index in [9.17, 15) is 9.59 Å². The lowest BCUT2D eigenvalue weighted by Crippen LogP contribution is -2.40. The molecule has 26 heavy (non-hydrogen) atoms. The Hall–Kier alpha value is -2.89. The Labute approximate surface area is 151 Å². The summed E-state index contributed by atoms with van der Waals surface area (Å²) in [7, 11) is 0. The normalized spacial score (nSPS) is 13.2. The van der Waals surface area contributed by atoms with Crippen LogP contribution in [0.1, 0.15) is 38.1 Å². The van der Waals surface area contributed by atoms with Crippen LogP contribution in [0.25, 0.3) is 22.8 Å². The summed E-state index contributed by atoms with van der Waals surface area (Å²) in [5.41, 5.74) is 2.80. The minimum atomic E-state index is -0.254. The zero-order valence-electron chi connectivity index (χ0n) is 15.1. The van der Waals surface area contributed by atoms with Crippen LogP contribution < -0.4 is 11.2 Å². The van der Waals surface area contributed by atoms with E-state index in [2.05, 4.69) is 17.1 Å². The molecule has 6 heteroatoms. The maximum absolute atomic E-state index is 13.0. The zero-order valence-corrected chi connectivity index (χ0v) is 15.1. The van der Waals surface area contributed by atoms with E-state index >= 15 is 0 Å². The highest BCUT2D eigenvalue weighted by molar-refractivity contribution is 5.87. The van der Waals surface area contributed by atoms with E-state index in [1.165, 1.54) is 4.57 Å². The predicted octanol–water partition coefficient (Wildman–Crippen LogP) is 2.73. The smallest absolute Gasteiger partial charge is 0.314 e. The van der Waals surface area contributed by atoms with Crippen molar-refractivity contribution in [3.8, 4) is 0 Å². The van der Waals surface area contributed by atoms with Gasteiger partial charge in [-0.05, 0) is 30.1 Å². The van der Waals surface area contributed by atoms with Gasteiger partial charge in [0.15, 0.2) is 11.2 Å². The van der Waals surface area contributed by atoms with Gasteiger partial charge in [0.25, 0.3) is 5.56 Å². The minimum Gasteiger partial charge on any atom is -0.314 e. The molecule has 0 aliphatic carbocycles. The van der Waals surface area contributed by atoms with Crippen LogP contribution >= 0.6 is 0 Å². The van der Waals surface area contributed by atoms with Crippen molar-refractivity contribution in [1.82, 2.24) is 18.7 Å². The maximum atomic E-state index is 13.0. The first kappa shape index (κ1) is 16.6. The van der Waals surface area contributed by atoms with E-state index in [-0.39, 0.29) is 11.2 Å². The number of hydrogen-bond acceptors (Lipinski definition) is 3. The standard InChI is InChI=1S/C20H22N4O2/c1-3-10-22-18-17(19(25)23(11-4-2)20(22)26)24-13-15(12-16(24)21-18)14-8-6-5-7-9-14/h5-9,12H,3-4,10-11,13H2,1-2H3. The summed E-state index contributed by atoms with van der Waals surface area (Å²) in [6.07, 6.45) is 3.56. The molecule has 2 aromatic heterocycles. The Balaban J connectivity index is 1.94. The lowest BCUT2D eigenvalue weighted by atomic mass is 10.1. The lowest BCUT2D eigenvalue weighted by molar-refractivity contribution is 0.554. The van der Waals surface area contributed by atoms with E-state index in [4.69, 9.17) is 0 Å². The molecule has 0 spiro atoms. The van der Waals surface area contributed by atoms with Crippen LogP contribution in [-0.2, 0) is 19.6 Å². The van der Waals surface area contributed by atoms with Crippen molar-refractivity contribution in [1.29, 1.82) is 0 Å². The number of fused-ring (bicyclic) bond motifs is 3. The van der Waals surface area contributed by atoms with Crippen LogP contribution in [0.5, 0.6) is 0 Å². The van der Waals surface area contributed by atoms with Crippen molar-refractivity contribution in [2.75, 3.05) is 0 Å². The van der Waals surface area contributed by atoms with E-state index in [0.717, 1.165) is 29.8 Å². The molecule has 1 aromatic carbocycles. The molecule has 3 heterocycles. The van der Waals surface area contributed by atoms with Gasteiger partial charge in [-0.1, -0.05) is 44.2 Å². The highest BCUT2D eigenvalue weighted by Gasteiger charge is 2.24. The van der Waals surface area contributed by atoms with Crippen molar-refractivity contribution in [3.63, 3.8) is 0 Å². The fourth-order valence-corrected chi connectivity index (χ4v) is 3.62. The summed E-state index contributed by atoms with van der Waals surface area (Å²) in [4.78, 5) is 30.4. The highest BCUT2D eigenvalue weighted by Crippen LogP contribution is 2.28. The Morgan fingerprint density at radius 3 is 2.38 bits per heavy atom. The van der Waals surface area contributed by atoms with Gasteiger partial charge < -0.3 is 4.57 Å². The Kier molecular flexibility index (Phi) is 4.11. The van der Waals surface area contributed by atoms with Gasteiger partial charge in [0.05, 0.1) is 6.54 Å². The van der Waals surface area contributed by atoms with Gasteiger partial charge in [-0.15, -0.1) is 0 Å². The molecule has 0 fully saturated rings. The molecule has 134 valence electrons. The van der Waals surface area contributed by atoms with Crippen molar-refractivity contribution in [2.45, 2.75) is 46.3 Å². The van der Waals surface area contributed by atoms with Crippen molar-refractivity contribution < 1.29 is 0 Å². The van der Waals surface area contributed by atoms with Gasteiger partial charge in [-0.25, -0.2) is 9.78 Å². The van der Waals surface area contributed by atoms with Crippen molar-refractivity contribution in [3.05, 3.63) is 62.6 Å². The topological polar surface area (TPSA) is 61.8 Å². The third-order valence-corrected chi connectivity index (χ3v) is 4.81. The second-order valence-corrected chi connectivity index (χ2v) is 6.65. The van der Waals surface area contributed by atoms with Crippen LogP contribution in [0.4, 0.5) is 0 Å². The molecule has 6 nitrogen and oxygen atoms in total. The molecule has 0 N–H and O–H groups in total. The molecular formula is C20H22N4O2. The highest BCUT2D eigenvalue weighted by atomic mass is 16.2. The van der Waals surface area contributed by atoms with Crippen LogP contribution in [-0.4, -0.2) is 18.7 Å². The summed E-state index contributed by atoms with van der Waals surface area (Å²) in [6.45, 7) is 5.57. The molecule has 4 rings (SSSR count). The van der Waals surface area contributed by atoms with Crippen LogP contribution in [0, 0.1) is 0 Å². The molecule has 0 unspecified atom stereocenters. The van der Waals surface area contributed by atoms with Gasteiger partial charge in [-0.3, -0.25) is 13.9 Å². The van der Waals surface area contributed by atoms with Crippen LogP contribution in [0.15, 0.2) is 39.9 Å². The molecule has 0 amide bonds. The van der Waals surface area contributed by atoms with E-state index in [0.29, 0.717) is 30.8 Å². The number of allylic oxidation sites excluding steroid dienone is 1. The monoisotopic (exact) mass is 350 g/mol. The average Bonchev–Trinajstić information content (AvgIpc) is 3.21. The molecule has 0 radical (unpaired) electrons. The largest absolute Gasteiger partial charge is 0.332 e. The Morgan fingerprint density at radius 2 is 1.69 bits per heavy atom. The van der Waals surface area contributed by atoms with Crippen molar-refractivity contribution >= 4 is 22.8 Å². The molecule has 1 aliphatic heterocycles. The summed E-state index contributed by atoms with van der Waals surface area (Å²) in [5, 5.41) is 0. The SMILES string of the molecule is CCCn1c(=O)c2c(nc3n2CC(c2ccccc2)=C3)n(CCC)c1=O. The minimum absolute atomic E-state index is 0.235. The third-order valence-electron chi connectivity index (χ3n) is 4.81. The van der Waals surface area contributed by atoms with Gasteiger partial charge in [0.2, 0.25) is 0 Å². The number of nitrogens with zero attached hydrogens (tertiary/aromatic N) is 4. The fourth-order valence-electron chi connectivity index (χ4n) is 3.62. The van der Waals surface area contributed by atoms with Crippen LogP contribution in [0.2, 0.25) is 0 Å². The lowest BCUT2D eigenvalue weighted by Gasteiger charge is -2.11. The molecule has 0 bridgehead atoms. The number of aryl methyl sites for hydroxylation is 1. The molecular weight excluding hydrogens is 328 g/mol. The van der Waals surface area contributed by atoms with E-state index in [1.807, 2.05) is 42.7 Å². The third kappa shape index (κ3) is 2.44. The summed E-state index contributed by atoms with van der Waals surface area (Å²) >= 11 is 0. The number of benzene rings is 1. The second-order valence-electron chi connectivity index (χ2n) is 6.65. The summed E-state index contributed by atoms with van der Waals surface area (Å²) in [5.74, 6) is 0.745. The number of hydrogen-bond donors (Lipinski definition) is 0. The van der Waals surface area contributed by atoms with Gasteiger partial charge in [-0.2, -0.15) is 0 Å². The van der Waals surface area contributed by atoms with Gasteiger partial charge >= 0.3 is 5.69 Å². The van der Waals surface area contributed by atoms with Gasteiger partial charge in [0.1, 0.15) is 5.82 Å². The van der Waals surface area contributed by atoms with E-state index in [1.54, 1.807) is 4.57 Å². The Morgan fingerprint density at radius 1 is 1.00 bits per heavy atom. The maximum Gasteiger partial charge on any atom is 0.332 e.